The van der Waals surface area contributed by atoms with E-state index in [0.717, 1.165) is 5.56 Å². The van der Waals surface area contributed by atoms with Gasteiger partial charge in [-0.1, -0.05) is 60.7 Å². The molecule has 3 aromatic carbocycles. The van der Waals surface area contributed by atoms with E-state index >= 15 is 0 Å². The number of aromatic nitrogens is 2. The van der Waals surface area contributed by atoms with Crippen molar-refractivity contribution in [2.24, 2.45) is 0 Å². The van der Waals surface area contributed by atoms with E-state index in [-0.39, 0.29) is 23.4 Å². The van der Waals surface area contributed by atoms with Crippen molar-refractivity contribution in [2.45, 2.75) is 30.9 Å². The molecule has 0 radical (unpaired) electrons. The summed E-state index contributed by atoms with van der Waals surface area (Å²) < 4.78 is 41.7. The minimum absolute atomic E-state index is 0.0366. The number of hydrogen-bond acceptors (Lipinski definition) is 4. The van der Waals surface area contributed by atoms with Gasteiger partial charge >= 0.3 is 0 Å². The Morgan fingerprint density at radius 1 is 0.914 bits per heavy atom. The summed E-state index contributed by atoms with van der Waals surface area (Å²) in [7, 11) is -3.76. The number of rotatable bonds is 9. The van der Waals surface area contributed by atoms with Gasteiger partial charge in [0, 0.05) is 12.1 Å². The molecule has 0 saturated carbocycles. The molecule has 0 spiro atoms. The molecule has 0 unspecified atom stereocenters. The van der Waals surface area contributed by atoms with Gasteiger partial charge in [0.25, 0.3) is 5.91 Å². The van der Waals surface area contributed by atoms with Crippen molar-refractivity contribution in [3.8, 4) is 0 Å². The number of amides is 1. The van der Waals surface area contributed by atoms with Gasteiger partial charge in [0.2, 0.25) is 15.0 Å². The number of carbonyl (C=O) groups is 1. The Balaban J connectivity index is 1.68. The zero-order valence-electron chi connectivity index (χ0n) is 19.3. The number of halogens is 1. The number of imidazole rings is 1. The van der Waals surface area contributed by atoms with E-state index in [0.29, 0.717) is 29.9 Å². The van der Waals surface area contributed by atoms with Crippen LogP contribution >= 0.6 is 0 Å². The van der Waals surface area contributed by atoms with Crippen LogP contribution in [0, 0.1) is 5.82 Å². The van der Waals surface area contributed by atoms with Gasteiger partial charge in [0.15, 0.2) is 0 Å². The van der Waals surface area contributed by atoms with Gasteiger partial charge in [-0.15, -0.1) is 0 Å². The van der Waals surface area contributed by atoms with Crippen molar-refractivity contribution in [2.75, 3.05) is 6.54 Å². The fourth-order valence-electron chi connectivity index (χ4n) is 3.86. The number of hydrogen-bond donors (Lipinski definition) is 0. The molecular formula is C27H26FN3O3S. The summed E-state index contributed by atoms with van der Waals surface area (Å²) in [6, 6.07) is 23.8. The molecule has 35 heavy (non-hydrogen) atoms. The van der Waals surface area contributed by atoms with Gasteiger partial charge < -0.3 is 9.47 Å². The highest BCUT2D eigenvalue weighted by Gasteiger charge is 2.26. The lowest BCUT2D eigenvalue weighted by molar-refractivity contribution is 0.0748. The van der Waals surface area contributed by atoms with Gasteiger partial charge in [-0.05, 0) is 42.3 Å². The highest BCUT2D eigenvalue weighted by atomic mass is 32.2. The SMILES string of the molecule is CCN(Cc1cnc(S(=O)(=O)Cc2ccccc2)n1Cc1ccccc1)C(=O)c1ccc(F)cc1. The molecule has 0 N–H and O–H groups in total. The Morgan fingerprint density at radius 3 is 2.11 bits per heavy atom. The molecule has 4 rings (SSSR count). The van der Waals surface area contributed by atoms with Gasteiger partial charge in [0.1, 0.15) is 5.82 Å². The first-order chi connectivity index (χ1) is 16.9. The lowest BCUT2D eigenvalue weighted by Gasteiger charge is -2.22. The zero-order chi connectivity index (χ0) is 24.8. The Morgan fingerprint density at radius 2 is 1.51 bits per heavy atom. The largest absolute Gasteiger partial charge is 0.333 e. The average Bonchev–Trinajstić information content (AvgIpc) is 3.26. The second-order valence-corrected chi connectivity index (χ2v) is 10.1. The monoisotopic (exact) mass is 491 g/mol. The van der Waals surface area contributed by atoms with E-state index in [1.807, 2.05) is 43.3 Å². The highest BCUT2D eigenvalue weighted by Crippen LogP contribution is 2.21. The van der Waals surface area contributed by atoms with Crippen LogP contribution in [-0.2, 0) is 28.7 Å². The molecule has 4 aromatic rings. The van der Waals surface area contributed by atoms with Crippen molar-refractivity contribution < 1.29 is 17.6 Å². The van der Waals surface area contributed by atoms with E-state index in [1.54, 1.807) is 33.7 Å². The Kier molecular flexibility index (Phi) is 7.41. The van der Waals surface area contributed by atoms with Crippen LogP contribution in [0.15, 0.2) is 96.3 Å². The van der Waals surface area contributed by atoms with Gasteiger partial charge in [-0.3, -0.25) is 4.79 Å². The molecule has 0 fully saturated rings. The molecule has 0 aliphatic rings. The summed E-state index contributed by atoms with van der Waals surface area (Å²) in [5.41, 5.74) is 2.54. The molecule has 0 atom stereocenters. The lowest BCUT2D eigenvalue weighted by atomic mass is 10.2. The van der Waals surface area contributed by atoms with Crippen molar-refractivity contribution in [1.29, 1.82) is 0 Å². The van der Waals surface area contributed by atoms with Crippen LogP contribution in [-0.4, -0.2) is 35.3 Å². The molecule has 0 bridgehead atoms. The maximum atomic E-state index is 13.4. The summed E-state index contributed by atoms with van der Waals surface area (Å²) in [5, 5.41) is -0.0366. The van der Waals surface area contributed by atoms with Crippen molar-refractivity contribution >= 4 is 15.7 Å². The second kappa shape index (κ2) is 10.7. The molecule has 0 saturated heterocycles. The molecule has 0 aliphatic carbocycles. The van der Waals surface area contributed by atoms with Crippen molar-refractivity contribution in [1.82, 2.24) is 14.5 Å². The normalized spacial score (nSPS) is 11.4. The van der Waals surface area contributed by atoms with Gasteiger partial charge in [0.05, 0.1) is 30.7 Å². The molecule has 180 valence electrons. The Labute approximate surface area is 204 Å². The Bertz CT molecular complexity index is 1390. The number of nitrogens with zero attached hydrogens (tertiary/aromatic N) is 3. The van der Waals surface area contributed by atoms with Crippen LogP contribution in [0.4, 0.5) is 4.39 Å². The maximum Gasteiger partial charge on any atom is 0.254 e. The predicted octanol–water partition coefficient (Wildman–Crippen LogP) is 4.71. The minimum atomic E-state index is -3.76. The van der Waals surface area contributed by atoms with E-state index in [4.69, 9.17) is 0 Å². The number of benzene rings is 3. The van der Waals surface area contributed by atoms with E-state index in [9.17, 15) is 17.6 Å². The standard InChI is InChI=1S/C27H26FN3O3S/c1-2-30(26(32)23-13-15-24(28)16-14-23)19-25-17-29-27(31(25)18-21-9-5-3-6-10-21)35(33,34)20-22-11-7-4-8-12-22/h3-17H,2,18-20H2,1H3. The predicted molar refractivity (Wildman–Crippen MR) is 132 cm³/mol. The summed E-state index contributed by atoms with van der Waals surface area (Å²) in [6.45, 7) is 2.68. The Hall–Kier alpha value is -3.78. The van der Waals surface area contributed by atoms with Crippen LogP contribution in [0.2, 0.25) is 0 Å². The third-order valence-corrected chi connectivity index (χ3v) is 7.27. The molecule has 1 amide bonds. The van der Waals surface area contributed by atoms with E-state index in [1.165, 1.54) is 30.5 Å². The first kappa shape index (κ1) is 24.3. The minimum Gasteiger partial charge on any atom is -0.333 e. The second-order valence-electron chi connectivity index (χ2n) is 8.17. The number of carbonyl (C=O) groups excluding carboxylic acids is 1. The van der Waals surface area contributed by atoms with E-state index in [2.05, 4.69) is 4.98 Å². The third kappa shape index (κ3) is 5.84. The van der Waals surface area contributed by atoms with Gasteiger partial charge in [-0.2, -0.15) is 0 Å². The molecule has 6 nitrogen and oxygen atoms in total. The zero-order valence-corrected chi connectivity index (χ0v) is 20.2. The number of sulfone groups is 1. The van der Waals surface area contributed by atoms with Crippen molar-refractivity contribution in [3.05, 3.63) is 119 Å². The summed E-state index contributed by atoms with van der Waals surface area (Å²) >= 11 is 0. The smallest absolute Gasteiger partial charge is 0.254 e. The average molecular weight is 492 g/mol. The molecule has 0 aliphatic heterocycles. The lowest BCUT2D eigenvalue weighted by Crippen LogP contribution is -2.31. The van der Waals surface area contributed by atoms with Gasteiger partial charge in [-0.25, -0.2) is 17.8 Å². The van der Waals surface area contributed by atoms with E-state index < -0.39 is 15.7 Å². The molecular weight excluding hydrogens is 465 g/mol. The third-order valence-electron chi connectivity index (χ3n) is 5.68. The highest BCUT2D eigenvalue weighted by molar-refractivity contribution is 7.90. The first-order valence-electron chi connectivity index (χ1n) is 11.3. The first-order valence-corrected chi connectivity index (χ1v) is 12.9. The van der Waals surface area contributed by atoms with Crippen LogP contribution < -0.4 is 0 Å². The van der Waals surface area contributed by atoms with Crippen LogP contribution in [0.5, 0.6) is 0 Å². The fourth-order valence-corrected chi connectivity index (χ4v) is 5.35. The molecule has 1 heterocycles. The summed E-state index contributed by atoms with van der Waals surface area (Å²) in [4.78, 5) is 18.9. The quantitative estimate of drug-likeness (QED) is 0.340. The summed E-state index contributed by atoms with van der Waals surface area (Å²) in [5.74, 6) is -0.863. The maximum absolute atomic E-state index is 13.4. The fraction of sp³-hybridized carbons (Fsp3) is 0.185. The molecule has 1 aromatic heterocycles. The van der Waals surface area contributed by atoms with Crippen LogP contribution in [0.25, 0.3) is 0 Å². The molecule has 8 heteroatoms. The topological polar surface area (TPSA) is 72.3 Å². The van der Waals surface area contributed by atoms with Crippen LogP contribution in [0.1, 0.15) is 34.1 Å². The van der Waals surface area contributed by atoms with Crippen LogP contribution in [0.3, 0.4) is 0 Å². The van der Waals surface area contributed by atoms with Crippen molar-refractivity contribution in [3.63, 3.8) is 0 Å². The summed E-state index contributed by atoms with van der Waals surface area (Å²) in [6.07, 6.45) is 1.52.